The third-order valence-electron chi connectivity index (χ3n) is 0.718. The molecule has 4 nitrogen and oxygen atoms in total. The van der Waals surface area contributed by atoms with Gasteiger partial charge in [-0.05, 0) is 0 Å². The van der Waals surface area contributed by atoms with Gasteiger partial charge in [-0.3, -0.25) is 14.4 Å². The summed E-state index contributed by atoms with van der Waals surface area (Å²) in [4.78, 5) is 30.5. The van der Waals surface area contributed by atoms with Crippen molar-refractivity contribution in [2.45, 2.75) is 6.92 Å². The minimum atomic E-state index is -0.846. The minimum Gasteiger partial charge on any atom is -0.457 e. The molecule has 0 aromatic carbocycles. The fraction of sp³-hybridized carbons (Fsp3) is 0.333. The molecule has 0 atom stereocenters. The van der Waals surface area contributed by atoms with E-state index >= 15 is 0 Å². The number of carbonyl (C=O) groups excluding carboxylic acids is 3. The summed E-state index contributed by atoms with van der Waals surface area (Å²) >= 11 is 0. The third-order valence-corrected chi connectivity index (χ3v) is 0.718. The summed E-state index contributed by atoms with van der Waals surface area (Å²) in [6, 6.07) is 0. The number of ketones is 2. The lowest BCUT2D eigenvalue weighted by Crippen LogP contribution is -2.18. The highest BCUT2D eigenvalue weighted by Gasteiger charge is 2.08. The van der Waals surface area contributed by atoms with E-state index < -0.39 is 24.1 Å². The number of esters is 1. The second kappa shape index (κ2) is 3.76. The van der Waals surface area contributed by atoms with Crippen LogP contribution in [0.15, 0.2) is 0 Å². The molecular formula is C6H7O4. The first-order chi connectivity index (χ1) is 4.54. The van der Waals surface area contributed by atoms with Crippen molar-refractivity contribution < 1.29 is 19.1 Å². The van der Waals surface area contributed by atoms with Crippen LogP contribution in [0.25, 0.3) is 0 Å². The molecule has 0 heterocycles. The Morgan fingerprint density at radius 3 is 2.20 bits per heavy atom. The molecule has 0 spiro atoms. The van der Waals surface area contributed by atoms with Crippen LogP contribution >= 0.6 is 0 Å². The van der Waals surface area contributed by atoms with Crippen LogP contribution in [-0.2, 0) is 19.1 Å². The molecule has 55 valence electrons. The summed E-state index contributed by atoms with van der Waals surface area (Å²) in [5, 5.41) is 0. The van der Waals surface area contributed by atoms with Gasteiger partial charge >= 0.3 is 5.97 Å². The van der Waals surface area contributed by atoms with Gasteiger partial charge in [-0.15, -0.1) is 0 Å². The van der Waals surface area contributed by atoms with Gasteiger partial charge in [0.05, 0.1) is 0 Å². The monoisotopic (exact) mass is 143 g/mol. The smallest absolute Gasteiger partial charge is 0.303 e. The Morgan fingerprint density at radius 2 is 1.90 bits per heavy atom. The van der Waals surface area contributed by atoms with Crippen LogP contribution in [0.3, 0.4) is 0 Å². The second-order valence-corrected chi connectivity index (χ2v) is 1.63. The van der Waals surface area contributed by atoms with Gasteiger partial charge in [0.2, 0.25) is 11.6 Å². The van der Waals surface area contributed by atoms with E-state index in [0.29, 0.717) is 0 Å². The molecule has 10 heavy (non-hydrogen) atoms. The molecule has 0 aromatic heterocycles. The lowest BCUT2D eigenvalue weighted by Gasteiger charge is -1.95. The van der Waals surface area contributed by atoms with Gasteiger partial charge in [-0.25, -0.2) is 0 Å². The molecule has 0 saturated heterocycles. The molecule has 0 aliphatic carbocycles. The first-order valence-electron chi connectivity index (χ1n) is 2.56. The molecule has 0 aliphatic rings. The Hall–Kier alpha value is -1.19. The summed E-state index contributed by atoms with van der Waals surface area (Å²) in [5.41, 5.74) is 0. The molecule has 0 aromatic rings. The summed E-state index contributed by atoms with van der Waals surface area (Å²) < 4.78 is 4.22. The van der Waals surface area contributed by atoms with Crippen molar-refractivity contribution in [3.05, 3.63) is 6.92 Å². The highest BCUT2D eigenvalue weighted by atomic mass is 16.5. The molecule has 0 saturated carbocycles. The van der Waals surface area contributed by atoms with Crippen molar-refractivity contribution in [2.75, 3.05) is 6.61 Å². The largest absolute Gasteiger partial charge is 0.457 e. The summed E-state index contributed by atoms with van der Waals surface area (Å²) in [5.74, 6) is -2.23. The third kappa shape index (κ3) is 3.77. The summed E-state index contributed by atoms with van der Waals surface area (Å²) in [6.45, 7) is 3.49. The molecule has 4 heteroatoms. The fourth-order valence-corrected chi connectivity index (χ4v) is 0.248. The zero-order valence-electron chi connectivity index (χ0n) is 5.55. The second-order valence-electron chi connectivity index (χ2n) is 1.63. The van der Waals surface area contributed by atoms with E-state index in [2.05, 4.69) is 11.7 Å². The van der Waals surface area contributed by atoms with Gasteiger partial charge in [0.1, 0.15) is 0 Å². The molecule has 0 rings (SSSR count). The van der Waals surface area contributed by atoms with Crippen molar-refractivity contribution in [1.82, 2.24) is 0 Å². The van der Waals surface area contributed by atoms with Crippen LogP contribution in [0.1, 0.15) is 6.92 Å². The molecule has 0 unspecified atom stereocenters. The molecule has 1 radical (unpaired) electrons. The first kappa shape index (κ1) is 8.81. The lowest BCUT2D eigenvalue weighted by molar-refractivity contribution is -0.147. The Bertz CT molecular complexity index is 171. The van der Waals surface area contributed by atoms with E-state index in [-0.39, 0.29) is 0 Å². The van der Waals surface area contributed by atoms with Gasteiger partial charge < -0.3 is 4.74 Å². The number of rotatable bonds is 3. The average molecular weight is 143 g/mol. The molecule has 0 bridgehead atoms. The van der Waals surface area contributed by atoms with Crippen LogP contribution in [0, 0.1) is 6.92 Å². The van der Waals surface area contributed by atoms with E-state index in [1.54, 1.807) is 0 Å². The van der Waals surface area contributed by atoms with Crippen molar-refractivity contribution >= 4 is 17.5 Å². The van der Waals surface area contributed by atoms with Gasteiger partial charge in [0.25, 0.3) is 0 Å². The molecule has 0 aliphatic heterocycles. The molecular weight excluding hydrogens is 136 g/mol. The van der Waals surface area contributed by atoms with E-state index in [0.717, 1.165) is 6.92 Å². The maximum absolute atomic E-state index is 10.4. The summed E-state index contributed by atoms with van der Waals surface area (Å²) in [7, 11) is 0. The predicted molar refractivity (Wildman–Crippen MR) is 32.0 cm³/mol. The fourth-order valence-electron chi connectivity index (χ4n) is 0.248. The standard InChI is InChI=1S/C6H7O4/c1-4(7)6(9)3-10-5(2)8/h1,3H2,2H3. The normalized spacial score (nSPS) is 8.60. The maximum Gasteiger partial charge on any atom is 0.303 e. The zero-order chi connectivity index (χ0) is 8.15. The SMILES string of the molecule is [CH2]C(=O)C(=O)COC(C)=O. The predicted octanol–water partition coefficient (Wildman–Crippen LogP) is -0.478. The quantitative estimate of drug-likeness (QED) is 0.395. The van der Waals surface area contributed by atoms with Crippen LogP contribution in [0.5, 0.6) is 0 Å². The Labute approximate surface area is 58.2 Å². The van der Waals surface area contributed by atoms with Crippen LogP contribution in [0.4, 0.5) is 0 Å². The van der Waals surface area contributed by atoms with Crippen molar-refractivity contribution in [3.63, 3.8) is 0 Å². The lowest BCUT2D eigenvalue weighted by atomic mass is 10.3. The minimum absolute atomic E-state index is 0.502. The van der Waals surface area contributed by atoms with Crippen LogP contribution in [-0.4, -0.2) is 24.1 Å². The number of Topliss-reactive ketones (excluding diaryl/α,β-unsaturated/α-hetero) is 2. The van der Waals surface area contributed by atoms with E-state index in [9.17, 15) is 14.4 Å². The molecule has 0 N–H and O–H groups in total. The Kier molecular flexibility index (Phi) is 3.32. The Balaban J connectivity index is 3.60. The highest BCUT2D eigenvalue weighted by Crippen LogP contribution is 1.79. The Morgan fingerprint density at radius 1 is 1.40 bits per heavy atom. The number of hydrogen-bond donors (Lipinski definition) is 0. The van der Waals surface area contributed by atoms with Crippen molar-refractivity contribution in [2.24, 2.45) is 0 Å². The number of ether oxygens (including phenoxy) is 1. The topological polar surface area (TPSA) is 60.4 Å². The van der Waals surface area contributed by atoms with Gasteiger partial charge in [-0.1, -0.05) is 0 Å². The average Bonchev–Trinajstić information content (AvgIpc) is 1.82. The van der Waals surface area contributed by atoms with E-state index in [1.165, 1.54) is 0 Å². The molecule has 0 amide bonds. The van der Waals surface area contributed by atoms with Gasteiger partial charge in [-0.2, -0.15) is 0 Å². The number of hydrogen-bond acceptors (Lipinski definition) is 4. The van der Waals surface area contributed by atoms with E-state index in [4.69, 9.17) is 0 Å². The first-order valence-corrected chi connectivity index (χ1v) is 2.56. The van der Waals surface area contributed by atoms with Gasteiger partial charge in [0, 0.05) is 13.8 Å². The van der Waals surface area contributed by atoms with Crippen LogP contribution in [0.2, 0.25) is 0 Å². The number of carbonyl (C=O) groups is 3. The zero-order valence-corrected chi connectivity index (χ0v) is 5.55. The summed E-state index contributed by atoms with van der Waals surface area (Å²) in [6.07, 6.45) is 0. The highest BCUT2D eigenvalue weighted by molar-refractivity contribution is 6.39. The van der Waals surface area contributed by atoms with Crippen molar-refractivity contribution in [3.8, 4) is 0 Å². The van der Waals surface area contributed by atoms with E-state index in [1.807, 2.05) is 0 Å². The van der Waals surface area contributed by atoms with Crippen LogP contribution < -0.4 is 0 Å². The van der Waals surface area contributed by atoms with Gasteiger partial charge in [0.15, 0.2) is 6.61 Å². The van der Waals surface area contributed by atoms with Crippen molar-refractivity contribution in [1.29, 1.82) is 0 Å². The maximum atomic E-state index is 10.4. The molecule has 0 fully saturated rings.